The van der Waals surface area contributed by atoms with E-state index in [2.05, 4.69) is 136 Å². The standard InChI is InChI=1S/C38H30/c1-4-6-16-30-25(3)38(36-20-11-14-27-13-10-18-32(30)37(27)36)34-19-8-7-17-31(34)33-24-29(21-22-35(33)38)28-15-9-12-26(5-2)23-28/h4,6-24H,1,5H2,2-3H3/b16-6-. The lowest BCUT2D eigenvalue weighted by atomic mass is 9.61. The van der Waals surface area contributed by atoms with Gasteiger partial charge in [-0.05, 0) is 91.4 Å². The minimum Gasteiger partial charge on any atom is -0.0991 e. The number of hydrogen-bond donors (Lipinski definition) is 0. The normalized spacial score (nSPS) is 17.3. The second-order valence-electron chi connectivity index (χ2n) is 10.5. The summed E-state index contributed by atoms with van der Waals surface area (Å²) < 4.78 is 0. The number of hydrogen-bond acceptors (Lipinski definition) is 0. The maximum absolute atomic E-state index is 3.97. The molecule has 1 spiro atoms. The summed E-state index contributed by atoms with van der Waals surface area (Å²) in [5.74, 6) is 0. The molecular weight excluding hydrogens is 456 g/mol. The number of fused-ring (bicyclic) bond motifs is 6. The first-order chi connectivity index (χ1) is 18.7. The average molecular weight is 487 g/mol. The quantitative estimate of drug-likeness (QED) is 0.222. The number of benzene rings is 5. The summed E-state index contributed by atoms with van der Waals surface area (Å²) in [6.45, 7) is 8.52. The van der Waals surface area contributed by atoms with Gasteiger partial charge in [-0.1, -0.05) is 129 Å². The highest BCUT2D eigenvalue weighted by atomic mass is 14.5. The molecule has 0 fully saturated rings. The van der Waals surface area contributed by atoms with E-state index in [0.29, 0.717) is 0 Å². The predicted octanol–water partition coefficient (Wildman–Crippen LogP) is 9.91. The van der Waals surface area contributed by atoms with Crippen molar-refractivity contribution in [2.24, 2.45) is 0 Å². The monoisotopic (exact) mass is 486 g/mol. The molecule has 0 nitrogen and oxygen atoms in total. The lowest BCUT2D eigenvalue weighted by molar-refractivity contribution is 0.752. The average Bonchev–Trinajstić information content (AvgIpc) is 3.26. The zero-order valence-electron chi connectivity index (χ0n) is 22.0. The molecule has 0 bridgehead atoms. The first-order valence-corrected chi connectivity index (χ1v) is 13.5. The minimum absolute atomic E-state index is 0.343. The molecule has 0 heterocycles. The van der Waals surface area contributed by atoms with Gasteiger partial charge in [0.2, 0.25) is 0 Å². The molecule has 0 N–H and O–H groups in total. The van der Waals surface area contributed by atoms with Crippen molar-refractivity contribution >= 4 is 16.3 Å². The van der Waals surface area contributed by atoms with Gasteiger partial charge in [-0.15, -0.1) is 0 Å². The Labute approximate surface area is 225 Å². The molecule has 0 heteroatoms. The van der Waals surface area contributed by atoms with Crippen LogP contribution in [-0.4, -0.2) is 0 Å². The number of rotatable bonds is 4. The Morgan fingerprint density at radius 1 is 0.684 bits per heavy atom. The van der Waals surface area contributed by atoms with E-state index in [1.54, 1.807) is 0 Å². The Bertz CT molecular complexity index is 1820. The minimum atomic E-state index is -0.343. The molecule has 38 heavy (non-hydrogen) atoms. The molecule has 0 amide bonds. The Balaban J connectivity index is 1.60. The fourth-order valence-electron chi connectivity index (χ4n) is 6.99. The van der Waals surface area contributed by atoms with Crippen LogP contribution in [0.15, 0.2) is 134 Å². The molecule has 1 unspecified atom stereocenters. The van der Waals surface area contributed by atoms with Gasteiger partial charge in [0, 0.05) is 0 Å². The molecule has 182 valence electrons. The van der Waals surface area contributed by atoms with Crippen molar-refractivity contribution in [1.82, 2.24) is 0 Å². The smallest absolute Gasteiger partial charge is 0.0685 e. The van der Waals surface area contributed by atoms with Crippen LogP contribution in [0.2, 0.25) is 0 Å². The summed E-state index contributed by atoms with van der Waals surface area (Å²) in [4.78, 5) is 0. The molecular formula is C38H30. The summed E-state index contributed by atoms with van der Waals surface area (Å²) in [5, 5.41) is 2.64. The van der Waals surface area contributed by atoms with Gasteiger partial charge in [-0.25, -0.2) is 0 Å². The Morgan fingerprint density at radius 2 is 1.39 bits per heavy atom. The van der Waals surface area contributed by atoms with E-state index in [1.807, 2.05) is 6.08 Å². The Kier molecular flexibility index (Phi) is 5.13. The molecule has 0 aromatic heterocycles. The third-order valence-electron chi connectivity index (χ3n) is 8.68. The third-order valence-corrected chi connectivity index (χ3v) is 8.68. The summed E-state index contributed by atoms with van der Waals surface area (Å²) >= 11 is 0. The second-order valence-corrected chi connectivity index (χ2v) is 10.5. The van der Waals surface area contributed by atoms with Gasteiger partial charge in [0.1, 0.15) is 0 Å². The maximum atomic E-state index is 3.97. The van der Waals surface area contributed by atoms with E-state index >= 15 is 0 Å². The largest absolute Gasteiger partial charge is 0.0991 e. The van der Waals surface area contributed by atoms with E-state index in [1.165, 1.54) is 72.0 Å². The third kappa shape index (κ3) is 2.98. The SMILES string of the molecule is C=C/C=C\C1=C(C)C2(c3ccccc3-c3cc(-c4cccc(CC)c4)ccc32)c2cccc3cccc1c23. The van der Waals surface area contributed by atoms with E-state index in [-0.39, 0.29) is 5.41 Å². The maximum Gasteiger partial charge on any atom is 0.0685 e. The summed E-state index contributed by atoms with van der Waals surface area (Å²) in [5.41, 5.74) is 14.3. The van der Waals surface area contributed by atoms with Crippen LogP contribution in [0, 0.1) is 0 Å². The first kappa shape index (κ1) is 22.8. The highest BCUT2D eigenvalue weighted by molar-refractivity contribution is 6.06. The van der Waals surface area contributed by atoms with Crippen LogP contribution in [-0.2, 0) is 11.8 Å². The highest BCUT2D eigenvalue weighted by Gasteiger charge is 2.49. The number of aryl methyl sites for hydroxylation is 1. The van der Waals surface area contributed by atoms with Crippen LogP contribution in [0.4, 0.5) is 0 Å². The molecule has 0 saturated carbocycles. The van der Waals surface area contributed by atoms with E-state index in [4.69, 9.17) is 0 Å². The van der Waals surface area contributed by atoms with Crippen molar-refractivity contribution in [3.63, 3.8) is 0 Å². The Morgan fingerprint density at radius 3 is 2.24 bits per heavy atom. The fourth-order valence-corrected chi connectivity index (χ4v) is 6.99. The lowest BCUT2D eigenvalue weighted by Crippen LogP contribution is -2.31. The van der Waals surface area contributed by atoms with Crippen molar-refractivity contribution in [2.45, 2.75) is 25.7 Å². The van der Waals surface area contributed by atoms with Crippen molar-refractivity contribution < 1.29 is 0 Å². The van der Waals surface area contributed by atoms with Crippen molar-refractivity contribution in [2.75, 3.05) is 0 Å². The van der Waals surface area contributed by atoms with Crippen LogP contribution in [0.3, 0.4) is 0 Å². The Hall–Kier alpha value is -4.42. The van der Waals surface area contributed by atoms with Gasteiger partial charge in [-0.2, -0.15) is 0 Å². The van der Waals surface area contributed by atoms with E-state index in [0.717, 1.165) is 6.42 Å². The fraction of sp³-hybridized carbons (Fsp3) is 0.105. The zero-order chi connectivity index (χ0) is 25.9. The predicted molar refractivity (Wildman–Crippen MR) is 162 cm³/mol. The van der Waals surface area contributed by atoms with E-state index in [9.17, 15) is 0 Å². The molecule has 0 aliphatic heterocycles. The molecule has 5 aromatic rings. The molecule has 0 radical (unpaired) electrons. The number of allylic oxidation sites excluding steroid dienone is 5. The van der Waals surface area contributed by atoms with Crippen molar-refractivity contribution in [1.29, 1.82) is 0 Å². The second kappa shape index (κ2) is 8.57. The lowest BCUT2D eigenvalue weighted by Gasteiger charge is -2.40. The molecule has 5 aromatic carbocycles. The molecule has 7 rings (SSSR count). The summed E-state index contributed by atoms with van der Waals surface area (Å²) in [6.07, 6.45) is 7.24. The molecule has 2 aliphatic rings. The highest BCUT2D eigenvalue weighted by Crippen LogP contribution is 2.61. The van der Waals surface area contributed by atoms with Crippen LogP contribution < -0.4 is 0 Å². The zero-order valence-corrected chi connectivity index (χ0v) is 22.0. The van der Waals surface area contributed by atoms with Gasteiger partial charge in [0.25, 0.3) is 0 Å². The summed E-state index contributed by atoms with van der Waals surface area (Å²) in [7, 11) is 0. The molecule has 2 aliphatic carbocycles. The van der Waals surface area contributed by atoms with Crippen LogP contribution in [0.5, 0.6) is 0 Å². The van der Waals surface area contributed by atoms with Crippen LogP contribution in [0.1, 0.15) is 41.7 Å². The van der Waals surface area contributed by atoms with Crippen molar-refractivity contribution in [3.05, 3.63) is 161 Å². The van der Waals surface area contributed by atoms with Crippen LogP contribution in [0.25, 0.3) is 38.6 Å². The van der Waals surface area contributed by atoms with Crippen molar-refractivity contribution in [3.8, 4) is 22.3 Å². The van der Waals surface area contributed by atoms with Gasteiger partial charge in [0.05, 0.1) is 5.41 Å². The van der Waals surface area contributed by atoms with Crippen LogP contribution >= 0.6 is 0 Å². The topological polar surface area (TPSA) is 0 Å². The van der Waals surface area contributed by atoms with E-state index < -0.39 is 0 Å². The summed E-state index contributed by atoms with van der Waals surface area (Å²) in [6, 6.07) is 38.7. The molecule has 0 saturated heterocycles. The van der Waals surface area contributed by atoms with Gasteiger partial charge >= 0.3 is 0 Å². The van der Waals surface area contributed by atoms with Gasteiger partial charge < -0.3 is 0 Å². The van der Waals surface area contributed by atoms with Gasteiger partial charge in [-0.3, -0.25) is 0 Å². The van der Waals surface area contributed by atoms with Gasteiger partial charge in [0.15, 0.2) is 0 Å². The first-order valence-electron chi connectivity index (χ1n) is 13.5. The molecule has 1 atom stereocenters.